The zero-order chi connectivity index (χ0) is 10.2. The number of rotatable bonds is 3. The third-order valence-corrected chi connectivity index (χ3v) is 4.09. The molecular formula is C12H20O2. The molecule has 0 heterocycles. The molecule has 2 aliphatic rings. The van der Waals surface area contributed by atoms with E-state index in [1.54, 1.807) is 0 Å². The van der Waals surface area contributed by atoms with Gasteiger partial charge in [-0.2, -0.15) is 0 Å². The summed E-state index contributed by atoms with van der Waals surface area (Å²) in [6.45, 7) is 2.16. The van der Waals surface area contributed by atoms with Crippen LogP contribution in [0.1, 0.15) is 51.9 Å². The van der Waals surface area contributed by atoms with E-state index in [0.29, 0.717) is 11.8 Å². The van der Waals surface area contributed by atoms with Crippen LogP contribution in [-0.2, 0) is 4.79 Å². The average Bonchev–Trinajstić information content (AvgIpc) is 2.53. The van der Waals surface area contributed by atoms with Crippen molar-refractivity contribution in [2.24, 2.45) is 17.3 Å². The van der Waals surface area contributed by atoms with Gasteiger partial charge in [-0.3, -0.25) is 4.79 Å². The first-order valence-corrected chi connectivity index (χ1v) is 5.86. The second kappa shape index (κ2) is 3.56. The van der Waals surface area contributed by atoms with Crippen LogP contribution in [0.4, 0.5) is 0 Å². The van der Waals surface area contributed by atoms with Gasteiger partial charge in [0.1, 0.15) is 0 Å². The van der Waals surface area contributed by atoms with Crippen molar-refractivity contribution in [2.45, 2.75) is 51.9 Å². The van der Waals surface area contributed by atoms with E-state index in [2.05, 4.69) is 6.92 Å². The molecule has 2 saturated carbocycles. The minimum atomic E-state index is -0.539. The van der Waals surface area contributed by atoms with Crippen molar-refractivity contribution in [1.29, 1.82) is 0 Å². The van der Waals surface area contributed by atoms with Crippen LogP contribution in [0.3, 0.4) is 0 Å². The van der Waals surface area contributed by atoms with Gasteiger partial charge in [-0.1, -0.05) is 32.6 Å². The molecule has 0 aromatic carbocycles. The molecule has 0 spiro atoms. The predicted molar refractivity (Wildman–Crippen MR) is 55.0 cm³/mol. The molecule has 0 radical (unpaired) electrons. The van der Waals surface area contributed by atoms with Crippen molar-refractivity contribution < 1.29 is 9.90 Å². The number of aliphatic carboxylic acids is 1. The summed E-state index contributed by atoms with van der Waals surface area (Å²) in [5.41, 5.74) is -0.325. The molecule has 0 aromatic heterocycles. The third kappa shape index (κ3) is 1.67. The molecule has 1 N–H and O–H groups in total. The van der Waals surface area contributed by atoms with Crippen LogP contribution >= 0.6 is 0 Å². The Balaban J connectivity index is 1.95. The lowest BCUT2D eigenvalue weighted by Gasteiger charge is -2.44. The minimum absolute atomic E-state index is 0.325. The van der Waals surface area contributed by atoms with E-state index in [0.717, 1.165) is 19.3 Å². The Kier molecular flexibility index (Phi) is 2.54. The summed E-state index contributed by atoms with van der Waals surface area (Å²) in [4.78, 5) is 11.2. The molecule has 0 atom stereocenters. The van der Waals surface area contributed by atoms with E-state index in [9.17, 15) is 9.90 Å². The van der Waals surface area contributed by atoms with Crippen LogP contribution < -0.4 is 0 Å². The summed E-state index contributed by atoms with van der Waals surface area (Å²) in [5.74, 6) is 0.800. The first-order valence-electron chi connectivity index (χ1n) is 5.86. The Morgan fingerprint density at radius 2 is 1.93 bits per heavy atom. The molecule has 2 heteroatoms. The van der Waals surface area contributed by atoms with Crippen molar-refractivity contribution in [3.05, 3.63) is 0 Å². The first kappa shape index (κ1) is 10.0. The summed E-state index contributed by atoms with van der Waals surface area (Å²) >= 11 is 0. The number of carboxylic acid groups (broad SMARTS) is 1. The maximum Gasteiger partial charge on any atom is 0.309 e. The Morgan fingerprint density at radius 1 is 1.36 bits per heavy atom. The molecule has 2 nitrogen and oxygen atoms in total. The quantitative estimate of drug-likeness (QED) is 0.753. The SMILES string of the molecule is CC1CC(CC2CCCC2)(C(=O)O)C1. The summed E-state index contributed by atoms with van der Waals surface area (Å²) in [7, 11) is 0. The average molecular weight is 196 g/mol. The van der Waals surface area contributed by atoms with Gasteiger partial charge in [0.25, 0.3) is 0 Å². The highest BCUT2D eigenvalue weighted by Crippen LogP contribution is 2.51. The van der Waals surface area contributed by atoms with Crippen molar-refractivity contribution in [3.63, 3.8) is 0 Å². The van der Waals surface area contributed by atoms with Crippen LogP contribution in [0, 0.1) is 17.3 Å². The van der Waals surface area contributed by atoms with Gasteiger partial charge in [0.05, 0.1) is 5.41 Å². The fourth-order valence-electron chi connectivity index (χ4n) is 3.47. The van der Waals surface area contributed by atoms with Crippen molar-refractivity contribution in [3.8, 4) is 0 Å². The van der Waals surface area contributed by atoms with Gasteiger partial charge in [0.2, 0.25) is 0 Å². The largest absolute Gasteiger partial charge is 0.481 e. The van der Waals surface area contributed by atoms with Crippen LogP contribution in [-0.4, -0.2) is 11.1 Å². The van der Waals surface area contributed by atoms with Gasteiger partial charge >= 0.3 is 5.97 Å². The molecule has 2 rings (SSSR count). The van der Waals surface area contributed by atoms with Gasteiger partial charge < -0.3 is 5.11 Å². The maximum atomic E-state index is 11.2. The second-order valence-electron chi connectivity index (χ2n) is 5.45. The molecule has 80 valence electrons. The number of carboxylic acids is 1. The fraction of sp³-hybridized carbons (Fsp3) is 0.917. The molecule has 2 fully saturated rings. The second-order valence-corrected chi connectivity index (χ2v) is 5.45. The monoisotopic (exact) mass is 196 g/mol. The highest BCUT2D eigenvalue weighted by Gasteiger charge is 2.49. The van der Waals surface area contributed by atoms with E-state index < -0.39 is 5.97 Å². The molecule has 0 amide bonds. The normalized spacial score (nSPS) is 38.2. The standard InChI is InChI=1S/C12H20O2/c1-9-6-12(7-9,11(13)14)8-10-4-2-3-5-10/h9-10H,2-8H2,1H3,(H,13,14). The van der Waals surface area contributed by atoms with E-state index >= 15 is 0 Å². The van der Waals surface area contributed by atoms with E-state index in [1.807, 2.05) is 0 Å². The Hall–Kier alpha value is -0.530. The Labute approximate surface area is 85.7 Å². The van der Waals surface area contributed by atoms with Crippen LogP contribution in [0.25, 0.3) is 0 Å². The minimum Gasteiger partial charge on any atom is -0.481 e. The molecule has 14 heavy (non-hydrogen) atoms. The molecule has 0 unspecified atom stereocenters. The maximum absolute atomic E-state index is 11.2. The lowest BCUT2D eigenvalue weighted by Crippen LogP contribution is -2.44. The summed E-state index contributed by atoms with van der Waals surface area (Å²) < 4.78 is 0. The van der Waals surface area contributed by atoms with E-state index in [-0.39, 0.29) is 5.41 Å². The van der Waals surface area contributed by atoms with Gasteiger partial charge in [0.15, 0.2) is 0 Å². The summed E-state index contributed by atoms with van der Waals surface area (Å²) in [5, 5.41) is 9.26. The number of hydrogen-bond donors (Lipinski definition) is 1. The summed E-state index contributed by atoms with van der Waals surface area (Å²) in [6.07, 6.45) is 7.95. The van der Waals surface area contributed by atoms with Crippen LogP contribution in [0.15, 0.2) is 0 Å². The summed E-state index contributed by atoms with van der Waals surface area (Å²) in [6, 6.07) is 0. The topological polar surface area (TPSA) is 37.3 Å². The highest BCUT2D eigenvalue weighted by atomic mass is 16.4. The zero-order valence-corrected chi connectivity index (χ0v) is 8.96. The third-order valence-electron chi connectivity index (χ3n) is 4.09. The van der Waals surface area contributed by atoms with Gasteiger partial charge in [-0.05, 0) is 31.1 Å². The van der Waals surface area contributed by atoms with Gasteiger partial charge in [-0.15, -0.1) is 0 Å². The van der Waals surface area contributed by atoms with Crippen LogP contribution in [0.2, 0.25) is 0 Å². The van der Waals surface area contributed by atoms with Gasteiger partial charge in [0, 0.05) is 0 Å². The fourth-order valence-corrected chi connectivity index (χ4v) is 3.47. The number of carbonyl (C=O) groups is 1. The van der Waals surface area contributed by atoms with E-state index in [4.69, 9.17) is 0 Å². The van der Waals surface area contributed by atoms with Crippen molar-refractivity contribution in [1.82, 2.24) is 0 Å². The Morgan fingerprint density at radius 3 is 2.36 bits per heavy atom. The molecule has 0 saturated heterocycles. The molecule has 0 aliphatic heterocycles. The first-order chi connectivity index (χ1) is 6.62. The Bertz CT molecular complexity index is 222. The molecular weight excluding hydrogens is 176 g/mol. The smallest absolute Gasteiger partial charge is 0.309 e. The molecule has 2 aliphatic carbocycles. The molecule has 0 aromatic rings. The lowest BCUT2D eigenvalue weighted by atomic mass is 9.59. The van der Waals surface area contributed by atoms with Gasteiger partial charge in [-0.25, -0.2) is 0 Å². The predicted octanol–water partition coefficient (Wildman–Crippen LogP) is 3.07. The van der Waals surface area contributed by atoms with Crippen molar-refractivity contribution >= 4 is 5.97 Å². The van der Waals surface area contributed by atoms with E-state index in [1.165, 1.54) is 25.7 Å². The van der Waals surface area contributed by atoms with Crippen LogP contribution in [0.5, 0.6) is 0 Å². The zero-order valence-electron chi connectivity index (χ0n) is 8.96. The lowest BCUT2D eigenvalue weighted by molar-refractivity contribution is -0.159. The number of hydrogen-bond acceptors (Lipinski definition) is 1. The molecule has 0 bridgehead atoms. The van der Waals surface area contributed by atoms with Crippen molar-refractivity contribution in [2.75, 3.05) is 0 Å². The highest BCUT2D eigenvalue weighted by molar-refractivity contribution is 5.75.